The minimum Gasteiger partial charge on any atom is -0.454 e. The zero-order valence-corrected chi connectivity index (χ0v) is 16.1. The molecular formula is C22H16N4O5. The molecule has 1 aliphatic rings. The van der Waals surface area contributed by atoms with Gasteiger partial charge in [-0.25, -0.2) is 0 Å². The van der Waals surface area contributed by atoms with Crippen LogP contribution < -0.4 is 20.3 Å². The third-order valence-corrected chi connectivity index (χ3v) is 4.68. The van der Waals surface area contributed by atoms with Crippen LogP contribution in [0.1, 0.15) is 0 Å². The molecule has 2 aromatic heterocycles. The zero-order valence-electron chi connectivity index (χ0n) is 16.1. The number of pyridine rings is 1. The minimum atomic E-state index is -0.411. The van der Waals surface area contributed by atoms with E-state index < -0.39 is 5.56 Å². The van der Waals surface area contributed by atoms with E-state index in [1.54, 1.807) is 30.3 Å². The average Bonchev–Trinajstić information content (AvgIpc) is 3.45. The molecule has 1 amide bonds. The van der Waals surface area contributed by atoms with E-state index >= 15 is 0 Å². The lowest BCUT2D eigenvalue weighted by Gasteiger charge is -2.08. The average molecular weight is 416 g/mol. The summed E-state index contributed by atoms with van der Waals surface area (Å²) >= 11 is 0. The van der Waals surface area contributed by atoms with Crippen molar-refractivity contribution in [3.8, 4) is 34.3 Å². The Morgan fingerprint density at radius 2 is 1.87 bits per heavy atom. The standard InChI is InChI=1S/C22H16N4O5/c27-19(23-15-8-9-17-18(11-15)30-13-29-17)12-26-10-4-7-16(22(26)28)21-24-20(25-31-21)14-5-2-1-3-6-14/h1-11H,12-13H2,(H,23,27). The summed E-state index contributed by atoms with van der Waals surface area (Å²) in [5.41, 5.74) is 1.12. The Kier molecular flexibility index (Phi) is 4.68. The first-order valence-electron chi connectivity index (χ1n) is 9.46. The Hall–Kier alpha value is -4.40. The first-order valence-corrected chi connectivity index (χ1v) is 9.46. The first kappa shape index (κ1) is 18.6. The second kappa shape index (κ2) is 7.79. The van der Waals surface area contributed by atoms with Gasteiger partial charge in [-0.3, -0.25) is 9.59 Å². The number of nitrogens with one attached hydrogen (secondary N) is 1. The zero-order chi connectivity index (χ0) is 21.2. The number of nitrogens with zero attached hydrogens (tertiary/aromatic N) is 3. The summed E-state index contributed by atoms with van der Waals surface area (Å²) in [6.45, 7) is -0.0304. The molecule has 31 heavy (non-hydrogen) atoms. The maximum absolute atomic E-state index is 12.9. The van der Waals surface area contributed by atoms with Crippen molar-refractivity contribution in [2.45, 2.75) is 6.54 Å². The van der Waals surface area contributed by atoms with Crippen molar-refractivity contribution in [2.24, 2.45) is 0 Å². The molecule has 0 radical (unpaired) electrons. The molecule has 3 heterocycles. The van der Waals surface area contributed by atoms with Gasteiger partial charge in [-0.15, -0.1) is 0 Å². The predicted molar refractivity (Wildman–Crippen MR) is 111 cm³/mol. The molecule has 1 aliphatic heterocycles. The van der Waals surface area contributed by atoms with E-state index in [1.807, 2.05) is 30.3 Å². The number of fused-ring (bicyclic) bond motifs is 1. The van der Waals surface area contributed by atoms with Crippen LogP contribution in [-0.4, -0.2) is 27.4 Å². The lowest BCUT2D eigenvalue weighted by atomic mass is 10.2. The van der Waals surface area contributed by atoms with Crippen molar-refractivity contribution < 1.29 is 18.8 Å². The van der Waals surface area contributed by atoms with E-state index in [-0.39, 0.29) is 30.7 Å². The van der Waals surface area contributed by atoms with E-state index in [9.17, 15) is 9.59 Å². The van der Waals surface area contributed by atoms with Crippen molar-refractivity contribution in [1.29, 1.82) is 0 Å². The first-order chi connectivity index (χ1) is 15.2. The second-order valence-electron chi connectivity index (χ2n) is 6.76. The highest BCUT2D eigenvalue weighted by molar-refractivity contribution is 5.91. The van der Waals surface area contributed by atoms with E-state index in [1.165, 1.54) is 10.8 Å². The molecule has 2 aromatic carbocycles. The predicted octanol–water partition coefficient (Wildman–Crippen LogP) is 2.93. The summed E-state index contributed by atoms with van der Waals surface area (Å²) in [5, 5.41) is 6.69. The second-order valence-corrected chi connectivity index (χ2v) is 6.76. The number of carbonyl (C=O) groups excluding carboxylic acids is 1. The molecular weight excluding hydrogens is 400 g/mol. The van der Waals surface area contributed by atoms with Crippen molar-refractivity contribution >= 4 is 11.6 Å². The van der Waals surface area contributed by atoms with Gasteiger partial charge in [0.15, 0.2) is 11.5 Å². The fraction of sp³-hybridized carbons (Fsp3) is 0.0909. The number of amides is 1. The van der Waals surface area contributed by atoms with Crippen LogP contribution in [0.4, 0.5) is 5.69 Å². The molecule has 9 heteroatoms. The summed E-state index contributed by atoms with van der Waals surface area (Å²) < 4.78 is 17.1. The van der Waals surface area contributed by atoms with Gasteiger partial charge in [-0.1, -0.05) is 35.5 Å². The van der Waals surface area contributed by atoms with Gasteiger partial charge in [0.25, 0.3) is 11.4 Å². The maximum Gasteiger partial charge on any atom is 0.263 e. The third-order valence-electron chi connectivity index (χ3n) is 4.68. The molecule has 5 rings (SSSR count). The topological polar surface area (TPSA) is 108 Å². The van der Waals surface area contributed by atoms with Gasteiger partial charge in [0.2, 0.25) is 18.5 Å². The highest BCUT2D eigenvalue weighted by Gasteiger charge is 2.17. The van der Waals surface area contributed by atoms with Crippen molar-refractivity contribution in [3.63, 3.8) is 0 Å². The SMILES string of the molecule is O=C(Cn1cccc(-c2nc(-c3ccccc3)no2)c1=O)Nc1ccc2c(c1)OCO2. The van der Waals surface area contributed by atoms with Crippen LogP contribution in [-0.2, 0) is 11.3 Å². The van der Waals surface area contributed by atoms with Gasteiger partial charge in [0.1, 0.15) is 12.1 Å². The largest absolute Gasteiger partial charge is 0.454 e. The Bertz CT molecular complexity index is 1310. The number of rotatable bonds is 5. The number of hydrogen-bond acceptors (Lipinski definition) is 7. The van der Waals surface area contributed by atoms with Crippen LogP contribution in [0.15, 0.2) is 76.2 Å². The van der Waals surface area contributed by atoms with Crippen LogP contribution in [0.25, 0.3) is 22.8 Å². The number of carbonyl (C=O) groups is 1. The molecule has 0 bridgehead atoms. The lowest BCUT2D eigenvalue weighted by Crippen LogP contribution is -2.28. The van der Waals surface area contributed by atoms with Crippen molar-refractivity contribution in [3.05, 3.63) is 77.2 Å². The van der Waals surface area contributed by atoms with Crippen molar-refractivity contribution in [1.82, 2.24) is 14.7 Å². The summed E-state index contributed by atoms with van der Waals surface area (Å²) in [4.78, 5) is 29.7. The van der Waals surface area contributed by atoms with E-state index in [0.29, 0.717) is 23.0 Å². The van der Waals surface area contributed by atoms with Crippen LogP contribution in [0.5, 0.6) is 11.5 Å². The Morgan fingerprint density at radius 1 is 1.03 bits per heavy atom. The minimum absolute atomic E-state index is 0.0920. The van der Waals surface area contributed by atoms with E-state index in [2.05, 4.69) is 15.5 Å². The van der Waals surface area contributed by atoms with E-state index in [4.69, 9.17) is 14.0 Å². The molecule has 0 unspecified atom stereocenters. The normalized spacial score (nSPS) is 12.0. The molecule has 0 saturated heterocycles. The summed E-state index contributed by atoms with van der Waals surface area (Å²) in [5.74, 6) is 1.29. The lowest BCUT2D eigenvalue weighted by molar-refractivity contribution is -0.116. The molecule has 154 valence electrons. The Balaban J connectivity index is 1.34. The molecule has 0 spiro atoms. The quantitative estimate of drug-likeness (QED) is 0.533. The smallest absolute Gasteiger partial charge is 0.263 e. The third kappa shape index (κ3) is 3.76. The van der Waals surface area contributed by atoms with Crippen LogP contribution in [0.2, 0.25) is 0 Å². The van der Waals surface area contributed by atoms with Gasteiger partial charge in [0.05, 0.1) is 0 Å². The molecule has 0 fully saturated rings. The van der Waals surface area contributed by atoms with Crippen LogP contribution in [0, 0.1) is 0 Å². The summed E-state index contributed by atoms with van der Waals surface area (Å²) in [6, 6.07) is 17.6. The molecule has 0 saturated carbocycles. The van der Waals surface area contributed by atoms with Gasteiger partial charge in [-0.05, 0) is 24.3 Å². The summed E-state index contributed by atoms with van der Waals surface area (Å²) in [7, 11) is 0. The summed E-state index contributed by atoms with van der Waals surface area (Å²) in [6.07, 6.45) is 1.53. The van der Waals surface area contributed by atoms with Gasteiger partial charge in [-0.2, -0.15) is 4.98 Å². The number of benzene rings is 2. The highest BCUT2D eigenvalue weighted by Crippen LogP contribution is 2.34. The van der Waals surface area contributed by atoms with Crippen LogP contribution >= 0.6 is 0 Å². The van der Waals surface area contributed by atoms with Crippen molar-refractivity contribution in [2.75, 3.05) is 12.1 Å². The molecule has 9 nitrogen and oxygen atoms in total. The highest BCUT2D eigenvalue weighted by atomic mass is 16.7. The number of anilines is 1. The Morgan fingerprint density at radius 3 is 2.74 bits per heavy atom. The van der Waals surface area contributed by atoms with E-state index in [0.717, 1.165) is 5.56 Å². The number of aromatic nitrogens is 3. The fourth-order valence-corrected chi connectivity index (χ4v) is 3.19. The molecule has 1 N–H and O–H groups in total. The monoisotopic (exact) mass is 416 g/mol. The van der Waals surface area contributed by atoms with Gasteiger partial charge in [0, 0.05) is 23.5 Å². The molecule has 4 aromatic rings. The molecule has 0 atom stereocenters. The Labute approximate surface area is 175 Å². The van der Waals surface area contributed by atoms with Crippen LogP contribution in [0.3, 0.4) is 0 Å². The molecule has 0 aliphatic carbocycles. The van der Waals surface area contributed by atoms with Gasteiger partial charge >= 0.3 is 0 Å². The number of hydrogen-bond donors (Lipinski definition) is 1. The number of ether oxygens (including phenoxy) is 2. The maximum atomic E-state index is 12.9. The van der Waals surface area contributed by atoms with Gasteiger partial charge < -0.3 is 23.9 Å². The fourth-order valence-electron chi connectivity index (χ4n) is 3.19.